The predicted molar refractivity (Wildman–Crippen MR) is 123 cm³/mol. The van der Waals surface area contributed by atoms with E-state index in [2.05, 4.69) is 15.4 Å². The van der Waals surface area contributed by atoms with Gasteiger partial charge in [-0.2, -0.15) is 17.4 Å². The Morgan fingerprint density at radius 3 is 2.41 bits per heavy atom. The molecule has 2 fully saturated rings. The second kappa shape index (κ2) is 10.6. The average molecular weight is 491 g/mol. The highest BCUT2D eigenvalue weighted by Gasteiger charge is 2.36. The van der Waals surface area contributed by atoms with Crippen LogP contribution in [0.2, 0.25) is 0 Å². The lowest BCUT2D eigenvalue weighted by Gasteiger charge is -2.29. The highest BCUT2D eigenvalue weighted by Crippen LogP contribution is 2.15. The van der Waals surface area contributed by atoms with Crippen molar-refractivity contribution in [2.45, 2.75) is 31.0 Å². The minimum Gasteiger partial charge on any atom is -0.378 e. The Kier molecular flexibility index (Phi) is 7.57. The summed E-state index contributed by atoms with van der Waals surface area (Å²) in [7, 11) is -3.66. The summed E-state index contributed by atoms with van der Waals surface area (Å²) in [4.78, 5) is 25.8. The van der Waals surface area contributed by atoms with Gasteiger partial charge in [0.2, 0.25) is 5.91 Å². The van der Waals surface area contributed by atoms with Gasteiger partial charge in [0.15, 0.2) is 0 Å². The number of hydrogen-bond donors (Lipinski definition) is 3. The molecule has 182 valence electrons. The van der Waals surface area contributed by atoms with Gasteiger partial charge in [0.1, 0.15) is 11.9 Å². The molecule has 11 heteroatoms. The molecule has 2 amide bonds. The van der Waals surface area contributed by atoms with Gasteiger partial charge in [-0.25, -0.2) is 4.39 Å². The Bertz CT molecular complexity index is 1110. The Morgan fingerprint density at radius 1 is 1.06 bits per heavy atom. The highest BCUT2D eigenvalue weighted by molar-refractivity contribution is 7.87. The normalized spacial score (nSPS) is 19.9. The number of halogens is 1. The van der Waals surface area contributed by atoms with E-state index in [0.29, 0.717) is 19.6 Å². The summed E-state index contributed by atoms with van der Waals surface area (Å²) in [6, 6.07) is 12.8. The number of nitrogens with zero attached hydrogens (tertiary/aromatic N) is 1. The number of nitrogens with one attached hydrogen (secondary N) is 3. The monoisotopic (exact) mass is 490 g/mol. The van der Waals surface area contributed by atoms with E-state index in [1.807, 2.05) is 30.3 Å². The Hall–Kier alpha value is -2.86. The molecular weight excluding hydrogens is 463 g/mol. The van der Waals surface area contributed by atoms with E-state index < -0.39 is 33.9 Å². The molecule has 0 saturated carbocycles. The smallest absolute Gasteiger partial charge is 0.279 e. The Labute approximate surface area is 197 Å². The Morgan fingerprint density at radius 2 is 1.76 bits per heavy atom. The fourth-order valence-corrected chi connectivity index (χ4v) is 5.29. The first-order valence-corrected chi connectivity index (χ1v) is 12.5. The molecule has 2 saturated heterocycles. The number of ether oxygens (including phenoxy) is 1. The topological polar surface area (TPSA) is 117 Å². The molecule has 2 aromatic rings. The van der Waals surface area contributed by atoms with Crippen molar-refractivity contribution in [3.63, 3.8) is 0 Å². The molecule has 0 aromatic heterocycles. The molecular formula is C23H27FN4O5S. The largest absolute Gasteiger partial charge is 0.378 e. The molecule has 0 spiro atoms. The molecule has 2 heterocycles. The highest BCUT2D eigenvalue weighted by atomic mass is 32.2. The zero-order valence-corrected chi connectivity index (χ0v) is 19.3. The maximum absolute atomic E-state index is 13.2. The molecule has 3 N–H and O–H groups in total. The van der Waals surface area contributed by atoms with Gasteiger partial charge in [-0.15, -0.1) is 0 Å². The third-order valence-electron chi connectivity index (χ3n) is 5.80. The molecule has 2 atom stereocenters. The van der Waals surface area contributed by atoms with Crippen LogP contribution in [0, 0.1) is 5.82 Å². The molecule has 9 nitrogen and oxygen atoms in total. The third-order valence-corrected chi connectivity index (χ3v) is 7.44. The van der Waals surface area contributed by atoms with E-state index in [-0.39, 0.29) is 37.2 Å². The second-order valence-corrected chi connectivity index (χ2v) is 10.1. The van der Waals surface area contributed by atoms with Gasteiger partial charge in [-0.1, -0.05) is 30.3 Å². The van der Waals surface area contributed by atoms with E-state index in [9.17, 15) is 22.4 Å². The fraction of sp³-hybridized carbons (Fsp3) is 0.391. The van der Waals surface area contributed by atoms with Crippen molar-refractivity contribution in [2.75, 3.05) is 26.3 Å². The van der Waals surface area contributed by atoms with E-state index >= 15 is 0 Å². The molecule has 34 heavy (non-hydrogen) atoms. The summed E-state index contributed by atoms with van der Waals surface area (Å²) >= 11 is 0. The van der Waals surface area contributed by atoms with Crippen molar-refractivity contribution in [3.05, 3.63) is 71.5 Å². The standard InChI is InChI=1S/C23H27FN4O5S/c24-18-8-6-17(7-9-18)22(29)26-21(12-16-4-2-1-3-5-16)23(30)25-19-10-11-28(13-19)34(31,32)27-20-14-33-15-20/h1-9,19-21,27H,10-15H2,(H,25,30)(H,26,29)/t19-,21+/m1/s1. The van der Waals surface area contributed by atoms with E-state index in [4.69, 9.17) is 4.74 Å². The van der Waals surface area contributed by atoms with Gasteiger partial charge in [-0.3, -0.25) is 9.59 Å². The van der Waals surface area contributed by atoms with Crippen LogP contribution >= 0.6 is 0 Å². The molecule has 0 radical (unpaired) electrons. The molecule has 4 rings (SSSR count). The molecule has 0 aliphatic carbocycles. The lowest BCUT2D eigenvalue weighted by molar-refractivity contribution is -0.123. The lowest BCUT2D eigenvalue weighted by atomic mass is 10.0. The maximum Gasteiger partial charge on any atom is 0.279 e. The van der Waals surface area contributed by atoms with Crippen LogP contribution in [0.4, 0.5) is 4.39 Å². The van der Waals surface area contributed by atoms with Crippen LogP contribution in [-0.2, 0) is 26.2 Å². The van der Waals surface area contributed by atoms with Crippen LogP contribution in [0.25, 0.3) is 0 Å². The summed E-state index contributed by atoms with van der Waals surface area (Å²) < 4.78 is 47.2. The lowest BCUT2D eigenvalue weighted by Crippen LogP contribution is -2.54. The van der Waals surface area contributed by atoms with Crippen LogP contribution in [-0.4, -0.2) is 69.0 Å². The zero-order valence-electron chi connectivity index (χ0n) is 18.4. The quantitative estimate of drug-likeness (QED) is 0.476. The minimum atomic E-state index is -3.66. The first kappa shape index (κ1) is 24.3. The van der Waals surface area contributed by atoms with E-state index in [1.54, 1.807) is 0 Å². The predicted octanol–water partition coefficient (Wildman–Crippen LogP) is 0.591. The van der Waals surface area contributed by atoms with Crippen LogP contribution < -0.4 is 15.4 Å². The van der Waals surface area contributed by atoms with Gasteiger partial charge in [0, 0.05) is 31.1 Å². The number of carbonyl (C=O) groups excluding carboxylic acids is 2. The molecule has 2 aromatic carbocycles. The summed E-state index contributed by atoms with van der Waals surface area (Å²) in [6.07, 6.45) is 0.704. The SMILES string of the molecule is O=C(N[C@@H](Cc1ccccc1)C(=O)N[C@@H]1CCN(S(=O)(=O)NC2COC2)C1)c1ccc(F)cc1. The number of benzene rings is 2. The van der Waals surface area contributed by atoms with Crippen molar-refractivity contribution >= 4 is 22.0 Å². The zero-order chi connectivity index (χ0) is 24.1. The molecule has 2 aliphatic rings. The van der Waals surface area contributed by atoms with Crippen molar-refractivity contribution in [3.8, 4) is 0 Å². The van der Waals surface area contributed by atoms with Crippen LogP contribution in [0.3, 0.4) is 0 Å². The summed E-state index contributed by atoms with van der Waals surface area (Å²) in [5.74, 6) is -1.38. The third kappa shape index (κ3) is 6.17. The van der Waals surface area contributed by atoms with Crippen LogP contribution in [0.1, 0.15) is 22.3 Å². The summed E-state index contributed by atoms with van der Waals surface area (Å²) in [5.41, 5.74) is 1.08. The van der Waals surface area contributed by atoms with Crippen molar-refractivity contribution in [1.82, 2.24) is 19.7 Å². The summed E-state index contributed by atoms with van der Waals surface area (Å²) in [5, 5.41) is 5.60. The number of carbonyl (C=O) groups is 2. The first-order valence-electron chi connectivity index (χ1n) is 11.1. The van der Waals surface area contributed by atoms with Gasteiger partial charge in [0.25, 0.3) is 16.1 Å². The van der Waals surface area contributed by atoms with Crippen molar-refractivity contribution in [1.29, 1.82) is 0 Å². The molecule has 0 bridgehead atoms. The van der Waals surface area contributed by atoms with Crippen LogP contribution in [0.5, 0.6) is 0 Å². The van der Waals surface area contributed by atoms with Gasteiger partial charge in [0.05, 0.1) is 19.3 Å². The first-order chi connectivity index (χ1) is 16.3. The van der Waals surface area contributed by atoms with Crippen molar-refractivity contribution in [2.24, 2.45) is 0 Å². The second-order valence-electron chi connectivity index (χ2n) is 8.43. The van der Waals surface area contributed by atoms with Gasteiger partial charge >= 0.3 is 0 Å². The van der Waals surface area contributed by atoms with E-state index in [1.165, 1.54) is 28.6 Å². The summed E-state index contributed by atoms with van der Waals surface area (Å²) in [6.45, 7) is 1.11. The number of hydrogen-bond acceptors (Lipinski definition) is 5. The average Bonchev–Trinajstić information content (AvgIpc) is 3.26. The van der Waals surface area contributed by atoms with E-state index in [0.717, 1.165) is 5.56 Å². The maximum atomic E-state index is 13.2. The van der Waals surface area contributed by atoms with Gasteiger partial charge < -0.3 is 15.4 Å². The minimum absolute atomic E-state index is 0.138. The van der Waals surface area contributed by atoms with Crippen LogP contribution in [0.15, 0.2) is 54.6 Å². The number of amides is 2. The molecule has 2 aliphatic heterocycles. The number of rotatable bonds is 9. The fourth-order valence-electron chi connectivity index (χ4n) is 3.86. The Balaban J connectivity index is 1.40. The van der Waals surface area contributed by atoms with Crippen molar-refractivity contribution < 1.29 is 27.1 Å². The van der Waals surface area contributed by atoms with Gasteiger partial charge in [-0.05, 0) is 36.2 Å². The molecule has 0 unspecified atom stereocenters.